The second-order valence-corrected chi connectivity index (χ2v) is 11.6. The van der Waals surface area contributed by atoms with E-state index in [4.69, 9.17) is 19.3 Å². The van der Waals surface area contributed by atoms with Crippen LogP contribution in [0.15, 0.2) is 48.5 Å². The molecule has 1 saturated carbocycles. The molecular weight excluding hydrogens is 614 g/mol. The quantitative estimate of drug-likeness (QED) is 0.219. The molecule has 1 aliphatic carbocycles. The predicted molar refractivity (Wildman–Crippen MR) is 156 cm³/mol. The summed E-state index contributed by atoms with van der Waals surface area (Å²) in [7, 11) is 1.30. The van der Waals surface area contributed by atoms with Crippen LogP contribution in [-0.4, -0.2) is 73.2 Å². The number of rotatable bonds is 12. The van der Waals surface area contributed by atoms with Gasteiger partial charge < -0.3 is 35.1 Å². The molecule has 2 aliphatic rings. The van der Waals surface area contributed by atoms with Gasteiger partial charge in [-0.05, 0) is 61.4 Å². The van der Waals surface area contributed by atoms with Gasteiger partial charge in [-0.3, -0.25) is 9.59 Å². The van der Waals surface area contributed by atoms with Crippen molar-refractivity contribution in [2.75, 3.05) is 40.0 Å². The number of aliphatic hydroxyl groups excluding tert-OH is 1. The lowest BCUT2D eigenvalue weighted by molar-refractivity contribution is -0.265. The number of carbonyl (C=O) groups is 2. The van der Waals surface area contributed by atoms with Gasteiger partial charge in [0.1, 0.15) is 23.9 Å². The van der Waals surface area contributed by atoms with Crippen molar-refractivity contribution in [3.8, 4) is 28.5 Å². The Morgan fingerprint density at radius 2 is 1.80 bits per heavy atom. The van der Waals surface area contributed by atoms with E-state index in [0.29, 0.717) is 0 Å². The van der Waals surface area contributed by atoms with Crippen LogP contribution in [0.5, 0.6) is 17.2 Å². The molecule has 2 atom stereocenters. The number of fused-ring (bicyclic) bond motifs is 1. The van der Waals surface area contributed by atoms with E-state index in [9.17, 15) is 32.3 Å². The Bertz CT molecular complexity index is 1610. The molecule has 3 aromatic rings. The summed E-state index contributed by atoms with van der Waals surface area (Å²) in [5.41, 5.74) is -5.17. The molecule has 2 aromatic carbocycles. The third-order valence-electron chi connectivity index (χ3n) is 8.05. The minimum absolute atomic E-state index is 0.00631. The van der Waals surface area contributed by atoms with E-state index in [2.05, 4.69) is 15.6 Å². The van der Waals surface area contributed by atoms with Gasteiger partial charge in [0.05, 0.1) is 32.6 Å². The molecule has 4 N–H and O–H groups in total. The SMILES string of the molecule is COc1cc(C(=O)NCC(O)(c2cc3c(c(-c4ccc(F)cc4)n2)OC[C@]3(C)CNC(=O)C2CC2)C(F)(F)F)ccc1OCCO. The second kappa shape index (κ2) is 12.8. The molecule has 0 saturated heterocycles. The monoisotopic (exact) mass is 647 g/mol. The molecule has 2 heterocycles. The summed E-state index contributed by atoms with van der Waals surface area (Å²) < 4.78 is 74.5. The lowest BCUT2D eigenvalue weighted by Crippen LogP contribution is -2.51. The maximum atomic E-state index is 14.8. The van der Waals surface area contributed by atoms with Gasteiger partial charge in [0.2, 0.25) is 11.5 Å². The summed E-state index contributed by atoms with van der Waals surface area (Å²) in [4.78, 5) is 29.6. The molecule has 1 aliphatic heterocycles. The summed E-state index contributed by atoms with van der Waals surface area (Å²) in [5.74, 6) is -1.35. The van der Waals surface area contributed by atoms with E-state index in [1.54, 1.807) is 6.92 Å². The number of nitrogens with zero attached hydrogens (tertiary/aromatic N) is 1. The van der Waals surface area contributed by atoms with Crippen LogP contribution >= 0.6 is 0 Å². The number of hydrogen-bond acceptors (Lipinski definition) is 8. The van der Waals surface area contributed by atoms with Crippen LogP contribution in [0, 0.1) is 11.7 Å². The number of hydrogen-bond donors (Lipinski definition) is 4. The molecule has 5 rings (SSSR count). The first kappa shape index (κ1) is 32.9. The maximum Gasteiger partial charge on any atom is 0.424 e. The highest BCUT2D eigenvalue weighted by atomic mass is 19.4. The number of aliphatic hydroxyl groups is 2. The van der Waals surface area contributed by atoms with Crippen LogP contribution in [0.2, 0.25) is 0 Å². The highest BCUT2D eigenvalue weighted by molar-refractivity contribution is 5.95. The average Bonchev–Trinajstić information content (AvgIpc) is 3.84. The van der Waals surface area contributed by atoms with Gasteiger partial charge in [0.15, 0.2) is 11.5 Å². The van der Waals surface area contributed by atoms with Gasteiger partial charge in [-0.1, -0.05) is 6.92 Å². The largest absolute Gasteiger partial charge is 0.493 e. The Labute approximate surface area is 261 Å². The van der Waals surface area contributed by atoms with Crippen LogP contribution in [0.1, 0.15) is 41.4 Å². The smallest absolute Gasteiger partial charge is 0.424 e. The summed E-state index contributed by atoms with van der Waals surface area (Å²) in [5, 5.41) is 25.3. The minimum Gasteiger partial charge on any atom is -0.493 e. The van der Waals surface area contributed by atoms with Crippen molar-refractivity contribution in [1.29, 1.82) is 0 Å². The van der Waals surface area contributed by atoms with E-state index in [-0.39, 0.29) is 77.8 Å². The van der Waals surface area contributed by atoms with Crippen LogP contribution in [0.25, 0.3) is 11.3 Å². The van der Waals surface area contributed by atoms with E-state index in [0.717, 1.165) is 31.0 Å². The average molecular weight is 648 g/mol. The first-order valence-electron chi connectivity index (χ1n) is 14.5. The van der Waals surface area contributed by atoms with E-state index in [1.165, 1.54) is 37.4 Å². The molecule has 1 aromatic heterocycles. The van der Waals surface area contributed by atoms with Gasteiger partial charge in [-0.25, -0.2) is 9.37 Å². The number of benzene rings is 2. The van der Waals surface area contributed by atoms with Crippen molar-refractivity contribution in [2.24, 2.45) is 5.92 Å². The molecule has 2 amide bonds. The van der Waals surface area contributed by atoms with E-state index >= 15 is 0 Å². The number of pyridine rings is 1. The van der Waals surface area contributed by atoms with Crippen molar-refractivity contribution in [3.05, 3.63) is 71.2 Å². The van der Waals surface area contributed by atoms with Crippen molar-refractivity contribution in [1.82, 2.24) is 15.6 Å². The summed E-state index contributed by atoms with van der Waals surface area (Å²) in [6, 6.07) is 9.85. The van der Waals surface area contributed by atoms with Crippen molar-refractivity contribution < 1.29 is 51.6 Å². The van der Waals surface area contributed by atoms with Crippen LogP contribution in [-0.2, 0) is 15.8 Å². The zero-order valence-electron chi connectivity index (χ0n) is 25.0. The third kappa shape index (κ3) is 6.58. The molecule has 246 valence electrons. The van der Waals surface area contributed by atoms with Gasteiger partial charge in [-0.15, -0.1) is 0 Å². The fourth-order valence-corrected chi connectivity index (χ4v) is 5.10. The van der Waals surface area contributed by atoms with Gasteiger partial charge in [0.25, 0.3) is 5.91 Å². The van der Waals surface area contributed by atoms with Crippen molar-refractivity contribution in [3.63, 3.8) is 0 Å². The Balaban J connectivity index is 1.51. The molecule has 46 heavy (non-hydrogen) atoms. The van der Waals surface area contributed by atoms with E-state index < -0.39 is 41.2 Å². The Morgan fingerprint density at radius 1 is 1.09 bits per heavy atom. The molecule has 0 radical (unpaired) electrons. The topological polar surface area (TPSA) is 139 Å². The Hall–Kier alpha value is -4.43. The molecule has 0 bridgehead atoms. The van der Waals surface area contributed by atoms with Crippen LogP contribution in [0.3, 0.4) is 0 Å². The van der Waals surface area contributed by atoms with Crippen molar-refractivity contribution in [2.45, 2.75) is 37.0 Å². The highest BCUT2D eigenvalue weighted by Gasteiger charge is 2.57. The standard InChI is InChI=1S/C32H33F4N3O7/c1-30(15-37-28(41)19-3-4-19)17-46-27-22(30)14-25(39-26(27)18-5-8-21(33)9-6-18)31(43,32(34,35)36)16-38-29(42)20-7-10-23(45-12-11-40)24(13-20)44-2/h5-10,13-14,19,40,43H,3-4,11-12,15-17H2,1-2H3,(H,37,41)(H,38,42)/t30-,31?/m0/s1. The van der Waals surface area contributed by atoms with Crippen LogP contribution < -0.4 is 24.8 Å². The zero-order chi connectivity index (χ0) is 33.3. The molecular formula is C32H33F4N3O7. The van der Waals surface area contributed by atoms with E-state index in [1.807, 2.05) is 0 Å². The molecule has 10 nitrogen and oxygen atoms in total. The molecule has 1 unspecified atom stereocenters. The second-order valence-electron chi connectivity index (χ2n) is 11.6. The lowest BCUT2D eigenvalue weighted by Gasteiger charge is -2.32. The number of alkyl halides is 3. The number of methoxy groups -OCH3 is 1. The number of nitrogens with one attached hydrogen (secondary N) is 2. The Kier molecular flexibility index (Phi) is 9.14. The molecule has 1 fully saturated rings. The first-order valence-corrected chi connectivity index (χ1v) is 14.5. The van der Waals surface area contributed by atoms with Crippen LogP contribution in [0.4, 0.5) is 17.6 Å². The normalized spacial score (nSPS) is 18.6. The zero-order valence-corrected chi connectivity index (χ0v) is 25.0. The number of ether oxygens (including phenoxy) is 3. The summed E-state index contributed by atoms with van der Waals surface area (Å²) in [6.45, 7) is 0.105. The Morgan fingerprint density at radius 3 is 2.43 bits per heavy atom. The molecule has 14 heteroatoms. The van der Waals surface area contributed by atoms with Gasteiger partial charge in [0, 0.05) is 34.6 Å². The highest BCUT2D eigenvalue weighted by Crippen LogP contribution is 2.48. The first-order chi connectivity index (χ1) is 21.8. The van der Waals surface area contributed by atoms with Crippen molar-refractivity contribution >= 4 is 11.8 Å². The number of amides is 2. The molecule has 0 spiro atoms. The minimum atomic E-state index is -5.32. The van der Waals surface area contributed by atoms with Gasteiger partial charge in [-0.2, -0.15) is 13.2 Å². The number of aromatic nitrogens is 1. The fraction of sp³-hybridized carbons (Fsp3) is 0.406. The number of carbonyl (C=O) groups excluding carboxylic acids is 2. The lowest BCUT2D eigenvalue weighted by atomic mass is 9.82. The maximum absolute atomic E-state index is 14.8. The fourth-order valence-electron chi connectivity index (χ4n) is 5.10. The summed E-state index contributed by atoms with van der Waals surface area (Å²) >= 11 is 0. The third-order valence-corrected chi connectivity index (χ3v) is 8.05. The van der Waals surface area contributed by atoms with Gasteiger partial charge >= 0.3 is 6.18 Å². The summed E-state index contributed by atoms with van der Waals surface area (Å²) in [6.07, 6.45) is -3.80. The number of halogens is 4. The predicted octanol–water partition coefficient (Wildman–Crippen LogP) is 3.62.